The first-order valence-corrected chi connectivity index (χ1v) is 9.08. The van der Waals surface area contributed by atoms with Gasteiger partial charge in [-0.1, -0.05) is 37.3 Å². The Hall–Kier alpha value is -1.85. The smallest absolute Gasteiger partial charge is 0.286 e. The van der Waals surface area contributed by atoms with E-state index in [1.54, 1.807) is 0 Å². The highest BCUT2D eigenvalue weighted by Crippen LogP contribution is 2.32. The molecule has 2 N–H and O–H groups in total. The van der Waals surface area contributed by atoms with Crippen molar-refractivity contribution in [1.82, 2.24) is 5.32 Å². The van der Waals surface area contributed by atoms with Crippen LogP contribution in [0.15, 0.2) is 42.2 Å². The van der Waals surface area contributed by atoms with Crippen molar-refractivity contribution in [2.24, 2.45) is 11.8 Å². The molecule has 1 heterocycles. The number of benzene rings is 1. The standard InChI is InChI=1S/C20H29NO4/c1-3-24-20-17(10-7-13-22)15(2)14-18(25-20)19(23)21-12-11-16-8-5-4-6-9-16/h4-6,8-9,14-15,17,20,22H,3,7,10-13H2,1-2H3,(H,21,23)/t15-,17-,20+/m1/s1. The molecule has 0 spiro atoms. The van der Waals surface area contributed by atoms with Crippen LogP contribution in [0.1, 0.15) is 32.3 Å². The van der Waals surface area contributed by atoms with E-state index in [9.17, 15) is 4.79 Å². The van der Waals surface area contributed by atoms with E-state index in [-0.39, 0.29) is 24.3 Å². The third-order valence-corrected chi connectivity index (χ3v) is 4.47. The first kappa shape index (κ1) is 19.5. The highest BCUT2D eigenvalue weighted by molar-refractivity contribution is 5.91. The van der Waals surface area contributed by atoms with E-state index in [2.05, 4.69) is 12.2 Å². The SMILES string of the molecule is CCO[C@H]1OC(C(=O)NCCc2ccccc2)=C[C@@H](C)[C@H]1CCCO. The Labute approximate surface area is 150 Å². The summed E-state index contributed by atoms with van der Waals surface area (Å²) in [6.07, 6.45) is 3.72. The van der Waals surface area contributed by atoms with Crippen LogP contribution < -0.4 is 5.32 Å². The van der Waals surface area contributed by atoms with E-state index in [1.807, 2.05) is 43.3 Å². The molecule has 0 aliphatic carbocycles. The molecule has 3 atom stereocenters. The van der Waals surface area contributed by atoms with Crippen LogP contribution in [-0.2, 0) is 20.7 Å². The van der Waals surface area contributed by atoms with Crippen molar-refractivity contribution in [2.45, 2.75) is 39.4 Å². The molecule has 5 nitrogen and oxygen atoms in total. The van der Waals surface area contributed by atoms with Gasteiger partial charge in [-0.3, -0.25) is 4.79 Å². The van der Waals surface area contributed by atoms with Crippen LogP contribution in [0.5, 0.6) is 0 Å². The van der Waals surface area contributed by atoms with E-state index in [0.29, 0.717) is 25.3 Å². The van der Waals surface area contributed by atoms with Gasteiger partial charge in [-0.05, 0) is 43.7 Å². The Morgan fingerprint density at radius 2 is 2.08 bits per heavy atom. The van der Waals surface area contributed by atoms with Crippen molar-refractivity contribution in [3.05, 3.63) is 47.7 Å². The summed E-state index contributed by atoms with van der Waals surface area (Å²) in [6, 6.07) is 10.0. The number of rotatable bonds is 9. The van der Waals surface area contributed by atoms with Crippen LogP contribution >= 0.6 is 0 Å². The quantitative estimate of drug-likeness (QED) is 0.721. The monoisotopic (exact) mass is 347 g/mol. The maximum absolute atomic E-state index is 12.4. The fraction of sp³-hybridized carbons (Fsp3) is 0.550. The molecular weight excluding hydrogens is 318 g/mol. The Bertz CT molecular complexity index is 558. The number of aliphatic hydroxyl groups is 1. The van der Waals surface area contributed by atoms with Crippen LogP contribution in [-0.4, -0.2) is 37.1 Å². The maximum Gasteiger partial charge on any atom is 0.286 e. The van der Waals surface area contributed by atoms with Gasteiger partial charge in [-0.2, -0.15) is 0 Å². The molecule has 1 aliphatic rings. The fourth-order valence-corrected chi connectivity index (χ4v) is 3.09. The molecule has 1 amide bonds. The van der Waals surface area contributed by atoms with Crippen molar-refractivity contribution in [3.63, 3.8) is 0 Å². The van der Waals surface area contributed by atoms with Crippen molar-refractivity contribution in [1.29, 1.82) is 0 Å². The first-order chi connectivity index (χ1) is 12.2. The first-order valence-electron chi connectivity index (χ1n) is 9.08. The highest BCUT2D eigenvalue weighted by atomic mass is 16.7. The molecule has 2 rings (SSSR count). The normalized spacial score (nSPS) is 22.8. The number of aliphatic hydroxyl groups excluding tert-OH is 1. The predicted molar refractivity (Wildman–Crippen MR) is 96.7 cm³/mol. The minimum Gasteiger partial charge on any atom is -0.459 e. The Balaban J connectivity index is 1.91. The van der Waals surface area contributed by atoms with Crippen molar-refractivity contribution in [2.75, 3.05) is 19.8 Å². The van der Waals surface area contributed by atoms with Gasteiger partial charge in [0, 0.05) is 25.7 Å². The van der Waals surface area contributed by atoms with Crippen molar-refractivity contribution >= 4 is 5.91 Å². The lowest BCUT2D eigenvalue weighted by molar-refractivity contribution is -0.171. The second-order valence-corrected chi connectivity index (χ2v) is 6.35. The average molecular weight is 347 g/mol. The lowest BCUT2D eigenvalue weighted by Gasteiger charge is -2.35. The number of nitrogens with one attached hydrogen (secondary N) is 1. The second kappa shape index (κ2) is 10.2. The highest BCUT2D eigenvalue weighted by Gasteiger charge is 2.34. The van der Waals surface area contributed by atoms with Crippen LogP contribution in [0.25, 0.3) is 0 Å². The molecule has 0 bridgehead atoms. The largest absolute Gasteiger partial charge is 0.459 e. The van der Waals surface area contributed by atoms with Gasteiger partial charge in [0.2, 0.25) is 6.29 Å². The number of hydrogen-bond acceptors (Lipinski definition) is 4. The van der Waals surface area contributed by atoms with E-state index in [1.165, 1.54) is 5.56 Å². The molecule has 138 valence electrons. The summed E-state index contributed by atoms with van der Waals surface area (Å²) in [5, 5.41) is 12.0. The van der Waals surface area contributed by atoms with Crippen LogP contribution in [0, 0.1) is 11.8 Å². The van der Waals surface area contributed by atoms with Crippen LogP contribution in [0.4, 0.5) is 0 Å². The van der Waals surface area contributed by atoms with E-state index in [4.69, 9.17) is 14.6 Å². The predicted octanol–water partition coefficient (Wildman–Crippen LogP) is 2.65. The Morgan fingerprint density at radius 1 is 1.32 bits per heavy atom. The summed E-state index contributed by atoms with van der Waals surface area (Å²) in [4.78, 5) is 12.4. The average Bonchev–Trinajstić information content (AvgIpc) is 2.62. The third kappa shape index (κ3) is 5.87. The summed E-state index contributed by atoms with van der Waals surface area (Å²) in [7, 11) is 0. The summed E-state index contributed by atoms with van der Waals surface area (Å²) < 4.78 is 11.5. The van der Waals surface area contributed by atoms with Gasteiger partial charge in [-0.15, -0.1) is 0 Å². The second-order valence-electron chi connectivity index (χ2n) is 6.35. The van der Waals surface area contributed by atoms with E-state index in [0.717, 1.165) is 12.8 Å². The summed E-state index contributed by atoms with van der Waals surface area (Å²) in [5.74, 6) is 0.437. The van der Waals surface area contributed by atoms with E-state index >= 15 is 0 Å². The third-order valence-electron chi connectivity index (χ3n) is 4.47. The lowest BCUT2D eigenvalue weighted by Crippen LogP contribution is -2.39. The fourth-order valence-electron chi connectivity index (χ4n) is 3.09. The number of amides is 1. The molecule has 25 heavy (non-hydrogen) atoms. The van der Waals surface area contributed by atoms with Gasteiger partial charge < -0.3 is 19.9 Å². The molecule has 0 saturated carbocycles. The summed E-state index contributed by atoms with van der Waals surface area (Å²) in [6.45, 7) is 5.21. The summed E-state index contributed by atoms with van der Waals surface area (Å²) >= 11 is 0. The van der Waals surface area contributed by atoms with Gasteiger partial charge in [0.25, 0.3) is 5.91 Å². The molecule has 1 aromatic rings. The number of carbonyl (C=O) groups excluding carboxylic acids is 1. The minimum absolute atomic E-state index is 0.146. The van der Waals surface area contributed by atoms with Gasteiger partial charge in [0.1, 0.15) is 0 Å². The molecule has 0 saturated heterocycles. The van der Waals surface area contributed by atoms with Crippen molar-refractivity contribution < 1.29 is 19.4 Å². The molecule has 5 heteroatoms. The lowest BCUT2D eigenvalue weighted by atomic mass is 9.87. The molecule has 0 radical (unpaired) electrons. The van der Waals surface area contributed by atoms with Gasteiger partial charge in [-0.25, -0.2) is 0 Å². The zero-order valence-electron chi connectivity index (χ0n) is 15.1. The Kier molecular flexibility index (Phi) is 7.95. The van der Waals surface area contributed by atoms with Gasteiger partial charge in [0.05, 0.1) is 0 Å². The number of hydrogen-bond donors (Lipinski definition) is 2. The molecule has 0 fully saturated rings. The Morgan fingerprint density at radius 3 is 2.76 bits per heavy atom. The molecule has 1 aromatic carbocycles. The molecule has 0 aromatic heterocycles. The van der Waals surface area contributed by atoms with Crippen LogP contribution in [0.2, 0.25) is 0 Å². The maximum atomic E-state index is 12.4. The number of allylic oxidation sites excluding steroid dienone is 1. The number of ether oxygens (including phenoxy) is 2. The van der Waals surface area contributed by atoms with Gasteiger partial charge in [0.15, 0.2) is 5.76 Å². The summed E-state index contributed by atoms with van der Waals surface area (Å²) in [5.41, 5.74) is 1.19. The zero-order valence-corrected chi connectivity index (χ0v) is 15.1. The zero-order chi connectivity index (χ0) is 18.1. The minimum atomic E-state index is -0.438. The molecular formula is C20H29NO4. The topological polar surface area (TPSA) is 67.8 Å². The molecule has 1 aliphatic heterocycles. The molecule has 0 unspecified atom stereocenters. The number of carbonyl (C=O) groups is 1. The van der Waals surface area contributed by atoms with Crippen molar-refractivity contribution in [3.8, 4) is 0 Å². The van der Waals surface area contributed by atoms with Crippen LogP contribution in [0.3, 0.4) is 0 Å². The van der Waals surface area contributed by atoms with E-state index < -0.39 is 6.29 Å². The van der Waals surface area contributed by atoms with Gasteiger partial charge >= 0.3 is 0 Å².